The van der Waals surface area contributed by atoms with Gasteiger partial charge in [0.15, 0.2) is 5.82 Å². The molecule has 0 atom stereocenters. The molecule has 28 heavy (non-hydrogen) atoms. The summed E-state index contributed by atoms with van der Waals surface area (Å²) in [5.41, 5.74) is 1.96. The summed E-state index contributed by atoms with van der Waals surface area (Å²) in [6, 6.07) is 7.71. The second kappa shape index (κ2) is 7.10. The highest BCUT2D eigenvalue weighted by Crippen LogP contribution is 2.33. The third-order valence-corrected chi connectivity index (χ3v) is 6.56. The lowest BCUT2D eigenvalue weighted by molar-refractivity contribution is 0.700. The molecule has 3 aromatic heterocycles. The van der Waals surface area contributed by atoms with Crippen LogP contribution in [0.4, 0.5) is 5.95 Å². The molecular formula is C18H16BrN7OS. The van der Waals surface area contributed by atoms with Crippen LogP contribution in [-0.2, 0) is 19.4 Å². The number of hydrogen-bond acceptors (Lipinski definition) is 7. The SMILES string of the molecule is O=c1[nH]c(NCc2nnnn2-c2ccc(Br)cc2)nc2sc3c(c12)CCCC3. The molecule has 2 N–H and O–H groups in total. The molecule has 0 unspecified atom stereocenters. The van der Waals surface area contributed by atoms with Crippen molar-refractivity contribution >= 4 is 43.4 Å². The van der Waals surface area contributed by atoms with E-state index in [4.69, 9.17) is 0 Å². The van der Waals surface area contributed by atoms with Gasteiger partial charge in [-0.25, -0.2) is 4.98 Å². The Hall–Kier alpha value is -2.59. The molecule has 0 aliphatic heterocycles. The number of halogens is 1. The summed E-state index contributed by atoms with van der Waals surface area (Å²) in [5, 5.41) is 15.8. The summed E-state index contributed by atoms with van der Waals surface area (Å²) in [6.07, 6.45) is 4.33. The number of fused-ring (bicyclic) bond motifs is 3. The number of nitrogens with zero attached hydrogens (tertiary/aromatic N) is 5. The van der Waals surface area contributed by atoms with Gasteiger partial charge in [0.1, 0.15) is 4.83 Å². The maximum atomic E-state index is 12.6. The maximum Gasteiger partial charge on any atom is 0.261 e. The van der Waals surface area contributed by atoms with E-state index >= 15 is 0 Å². The topological polar surface area (TPSA) is 101 Å². The fraction of sp³-hybridized carbons (Fsp3) is 0.278. The number of H-pyrrole nitrogens is 1. The first-order valence-electron chi connectivity index (χ1n) is 9.00. The smallest absolute Gasteiger partial charge is 0.261 e. The molecule has 0 radical (unpaired) electrons. The molecule has 142 valence electrons. The van der Waals surface area contributed by atoms with Crippen molar-refractivity contribution in [1.82, 2.24) is 30.2 Å². The predicted molar refractivity (Wildman–Crippen MR) is 111 cm³/mol. The van der Waals surface area contributed by atoms with Crippen LogP contribution in [-0.4, -0.2) is 30.2 Å². The molecule has 0 amide bonds. The summed E-state index contributed by atoms with van der Waals surface area (Å²) < 4.78 is 2.64. The van der Waals surface area contributed by atoms with Gasteiger partial charge in [0.2, 0.25) is 5.95 Å². The normalized spacial score (nSPS) is 13.6. The first-order chi connectivity index (χ1) is 13.7. The number of hydrogen-bond donors (Lipinski definition) is 2. The lowest BCUT2D eigenvalue weighted by atomic mass is 9.97. The molecule has 1 aromatic carbocycles. The summed E-state index contributed by atoms with van der Waals surface area (Å²) in [6.45, 7) is 0.336. The molecule has 8 nitrogen and oxygen atoms in total. The number of tetrazole rings is 1. The number of rotatable bonds is 4. The number of aryl methyl sites for hydroxylation is 2. The van der Waals surface area contributed by atoms with Crippen LogP contribution in [0.2, 0.25) is 0 Å². The van der Waals surface area contributed by atoms with E-state index in [9.17, 15) is 4.79 Å². The van der Waals surface area contributed by atoms with Gasteiger partial charge >= 0.3 is 0 Å². The number of aromatic amines is 1. The molecule has 0 bridgehead atoms. The third kappa shape index (κ3) is 3.12. The monoisotopic (exact) mass is 457 g/mol. The fourth-order valence-corrected chi connectivity index (χ4v) is 5.04. The van der Waals surface area contributed by atoms with Crippen LogP contribution in [0, 0.1) is 0 Å². The summed E-state index contributed by atoms with van der Waals surface area (Å²) >= 11 is 5.05. The van der Waals surface area contributed by atoms with Gasteiger partial charge < -0.3 is 5.32 Å². The Morgan fingerprint density at radius 1 is 1.21 bits per heavy atom. The van der Waals surface area contributed by atoms with Gasteiger partial charge in [-0.15, -0.1) is 16.4 Å². The van der Waals surface area contributed by atoms with Crippen molar-refractivity contribution in [3.63, 3.8) is 0 Å². The Bertz CT molecular complexity index is 1210. The molecule has 10 heteroatoms. The second-order valence-corrected chi connectivity index (χ2v) is 8.64. The highest BCUT2D eigenvalue weighted by molar-refractivity contribution is 9.10. The Labute approximate surface area is 172 Å². The number of benzene rings is 1. The number of aromatic nitrogens is 6. The lowest BCUT2D eigenvalue weighted by Gasteiger charge is -2.09. The highest BCUT2D eigenvalue weighted by Gasteiger charge is 2.20. The average molecular weight is 458 g/mol. The van der Waals surface area contributed by atoms with Gasteiger partial charge in [0, 0.05) is 9.35 Å². The van der Waals surface area contributed by atoms with E-state index in [-0.39, 0.29) is 5.56 Å². The Morgan fingerprint density at radius 3 is 2.89 bits per heavy atom. The average Bonchev–Trinajstić information content (AvgIpc) is 3.31. The summed E-state index contributed by atoms with van der Waals surface area (Å²) in [7, 11) is 0. The second-order valence-electron chi connectivity index (χ2n) is 6.64. The van der Waals surface area contributed by atoms with Crippen molar-refractivity contribution in [3.8, 4) is 5.69 Å². The zero-order valence-electron chi connectivity index (χ0n) is 14.8. The summed E-state index contributed by atoms with van der Waals surface area (Å²) in [4.78, 5) is 22.2. The van der Waals surface area contributed by atoms with E-state index in [1.807, 2.05) is 24.3 Å². The quantitative estimate of drug-likeness (QED) is 0.487. The maximum absolute atomic E-state index is 12.6. The van der Waals surface area contributed by atoms with Crippen LogP contribution in [0.3, 0.4) is 0 Å². The van der Waals surface area contributed by atoms with Gasteiger partial charge in [0.05, 0.1) is 17.6 Å². The van der Waals surface area contributed by atoms with Crippen molar-refractivity contribution in [2.75, 3.05) is 5.32 Å². The Morgan fingerprint density at radius 2 is 2.04 bits per heavy atom. The largest absolute Gasteiger partial charge is 0.348 e. The number of anilines is 1. The zero-order chi connectivity index (χ0) is 19.1. The van der Waals surface area contributed by atoms with E-state index < -0.39 is 0 Å². The lowest BCUT2D eigenvalue weighted by Crippen LogP contribution is -2.15. The molecule has 3 heterocycles. The van der Waals surface area contributed by atoms with Crippen LogP contribution < -0.4 is 10.9 Å². The molecule has 0 fully saturated rings. The van der Waals surface area contributed by atoms with Crippen LogP contribution in [0.1, 0.15) is 29.1 Å². The molecular weight excluding hydrogens is 442 g/mol. The van der Waals surface area contributed by atoms with Crippen LogP contribution in [0.15, 0.2) is 33.5 Å². The summed E-state index contributed by atoms with van der Waals surface area (Å²) in [5.74, 6) is 1.05. The van der Waals surface area contributed by atoms with E-state index in [1.54, 1.807) is 16.0 Å². The molecule has 0 saturated heterocycles. The van der Waals surface area contributed by atoms with Crippen LogP contribution in [0.25, 0.3) is 15.9 Å². The highest BCUT2D eigenvalue weighted by atomic mass is 79.9. The van der Waals surface area contributed by atoms with Crippen molar-refractivity contribution in [1.29, 1.82) is 0 Å². The predicted octanol–water partition coefficient (Wildman–Crippen LogP) is 3.21. The van der Waals surface area contributed by atoms with Crippen LogP contribution >= 0.6 is 27.3 Å². The van der Waals surface area contributed by atoms with Crippen LogP contribution in [0.5, 0.6) is 0 Å². The minimum atomic E-state index is -0.0839. The molecule has 0 spiro atoms. The van der Waals surface area contributed by atoms with E-state index in [1.165, 1.54) is 16.9 Å². The first kappa shape index (κ1) is 17.5. The molecule has 4 aromatic rings. The third-order valence-electron chi connectivity index (χ3n) is 4.84. The van der Waals surface area contributed by atoms with E-state index in [2.05, 4.69) is 46.7 Å². The first-order valence-corrected chi connectivity index (χ1v) is 10.6. The van der Waals surface area contributed by atoms with Gasteiger partial charge in [-0.2, -0.15) is 4.68 Å². The fourth-order valence-electron chi connectivity index (χ4n) is 3.51. The van der Waals surface area contributed by atoms with E-state index in [0.717, 1.165) is 39.6 Å². The number of thiophene rings is 1. The van der Waals surface area contributed by atoms with Gasteiger partial charge in [0.25, 0.3) is 5.56 Å². The molecule has 5 rings (SSSR count). The molecule has 1 aliphatic rings. The minimum Gasteiger partial charge on any atom is -0.348 e. The number of nitrogens with one attached hydrogen (secondary N) is 2. The molecule has 1 aliphatic carbocycles. The van der Waals surface area contributed by atoms with E-state index in [0.29, 0.717) is 18.3 Å². The van der Waals surface area contributed by atoms with Gasteiger partial charge in [-0.1, -0.05) is 15.9 Å². The van der Waals surface area contributed by atoms with Crippen molar-refractivity contribution in [3.05, 3.63) is 55.4 Å². The standard InChI is InChI=1S/C18H16BrN7OS/c19-10-5-7-11(8-6-10)26-14(23-24-25-26)9-20-18-21-16(27)15-12-3-1-2-4-13(12)28-17(15)22-18/h5-8H,1-4,9H2,(H2,20,21,22,27). The minimum absolute atomic E-state index is 0.0839. The Kier molecular flexibility index (Phi) is 4.44. The van der Waals surface area contributed by atoms with Crippen molar-refractivity contribution in [2.24, 2.45) is 0 Å². The Balaban J connectivity index is 1.42. The molecule has 0 saturated carbocycles. The van der Waals surface area contributed by atoms with Gasteiger partial charge in [-0.3, -0.25) is 9.78 Å². The van der Waals surface area contributed by atoms with Gasteiger partial charge in [-0.05, 0) is 65.9 Å². The van der Waals surface area contributed by atoms with Crippen molar-refractivity contribution in [2.45, 2.75) is 32.2 Å². The van der Waals surface area contributed by atoms with Crippen molar-refractivity contribution < 1.29 is 0 Å². The zero-order valence-corrected chi connectivity index (χ0v) is 17.2.